The summed E-state index contributed by atoms with van der Waals surface area (Å²) in [6, 6.07) is 4.98. The molecule has 4 nitrogen and oxygen atoms in total. The molecule has 0 fully saturated rings. The van der Waals surface area contributed by atoms with Crippen molar-refractivity contribution in [2.45, 2.75) is 0 Å². The van der Waals surface area contributed by atoms with Gasteiger partial charge in [0.1, 0.15) is 17.4 Å². The van der Waals surface area contributed by atoms with E-state index in [0.717, 1.165) is 4.47 Å². The Morgan fingerprint density at radius 3 is 2.75 bits per heavy atom. The van der Waals surface area contributed by atoms with Gasteiger partial charge in [-0.05, 0) is 40.8 Å². The van der Waals surface area contributed by atoms with E-state index >= 15 is 0 Å². The number of carbonyl (C=O) groups is 1. The van der Waals surface area contributed by atoms with Crippen LogP contribution in [0.3, 0.4) is 0 Å². The Balaban J connectivity index is 3.35. The Morgan fingerprint density at radius 1 is 1.62 bits per heavy atom. The van der Waals surface area contributed by atoms with Crippen LogP contribution in [0.1, 0.15) is 5.56 Å². The summed E-state index contributed by atoms with van der Waals surface area (Å²) in [6.07, 6.45) is 1.25. The van der Waals surface area contributed by atoms with Crippen molar-refractivity contribution in [1.29, 1.82) is 5.26 Å². The van der Waals surface area contributed by atoms with Crippen LogP contribution >= 0.6 is 38.5 Å². The Morgan fingerprint density at radius 2 is 2.25 bits per heavy atom. The third kappa shape index (κ3) is 2.96. The number of nitriles is 1. The van der Waals surface area contributed by atoms with Gasteiger partial charge >= 0.3 is 0 Å². The Labute approximate surface area is 114 Å². The van der Waals surface area contributed by atoms with E-state index in [0.29, 0.717) is 9.13 Å². The normalized spacial score (nSPS) is 10.9. The largest absolute Gasteiger partial charge is 0.506 e. The first-order valence-electron chi connectivity index (χ1n) is 4.05. The fourth-order valence-corrected chi connectivity index (χ4v) is 2.56. The van der Waals surface area contributed by atoms with Gasteiger partial charge in [-0.1, -0.05) is 15.9 Å². The number of rotatable bonds is 2. The van der Waals surface area contributed by atoms with Crippen LogP contribution in [0.15, 0.2) is 22.2 Å². The molecule has 0 saturated heterocycles. The van der Waals surface area contributed by atoms with Crippen molar-refractivity contribution in [3.05, 3.63) is 31.3 Å². The van der Waals surface area contributed by atoms with Gasteiger partial charge in [0.2, 0.25) is 0 Å². The maximum absolute atomic E-state index is 10.9. The number of nitrogens with zero attached hydrogens (tertiary/aromatic N) is 1. The highest BCUT2D eigenvalue weighted by atomic mass is 127. The molecule has 1 rings (SSSR count). The molecular formula is C10H6BrIN2O2. The molecule has 0 aliphatic carbocycles. The number of hydrogen-bond acceptors (Lipinski definition) is 3. The zero-order chi connectivity index (χ0) is 12.3. The topological polar surface area (TPSA) is 87.1 Å². The number of aromatic hydroxyl groups is 1. The number of primary amides is 1. The van der Waals surface area contributed by atoms with Gasteiger partial charge in [-0.3, -0.25) is 4.79 Å². The molecule has 0 heterocycles. The molecule has 0 unspecified atom stereocenters. The van der Waals surface area contributed by atoms with Gasteiger partial charge in [-0.25, -0.2) is 0 Å². The molecule has 0 radical (unpaired) electrons. The average Bonchev–Trinajstić information content (AvgIpc) is 2.20. The lowest BCUT2D eigenvalue weighted by Gasteiger charge is -2.03. The Bertz CT molecular complexity index is 520. The van der Waals surface area contributed by atoms with Gasteiger partial charge < -0.3 is 10.8 Å². The maximum atomic E-state index is 10.9. The third-order valence-corrected chi connectivity index (χ3v) is 3.02. The number of hydrogen-bond donors (Lipinski definition) is 2. The van der Waals surface area contributed by atoms with Crippen LogP contribution in [0, 0.1) is 14.9 Å². The molecule has 0 saturated carbocycles. The molecule has 1 aromatic rings. The predicted octanol–water partition coefficient (Wildman–Crippen LogP) is 2.15. The smallest absolute Gasteiger partial charge is 0.259 e. The molecule has 0 aliphatic heterocycles. The number of amides is 1. The van der Waals surface area contributed by atoms with Crippen LogP contribution in [0.2, 0.25) is 0 Å². The number of phenols is 1. The standard InChI is InChI=1S/C10H6BrIN2O2/c11-7-2-5(9(15)8(12)3-7)1-6(4-13)10(14)16/h1-3,15H,(H2,14,16). The van der Waals surface area contributed by atoms with E-state index in [9.17, 15) is 9.90 Å². The molecule has 3 N–H and O–H groups in total. The quantitative estimate of drug-likeness (QED) is 0.459. The second kappa shape index (κ2) is 5.32. The SMILES string of the molecule is N#CC(=Cc1cc(Br)cc(I)c1O)C(N)=O. The minimum absolute atomic E-state index is 0.0119. The summed E-state index contributed by atoms with van der Waals surface area (Å²) in [5.74, 6) is -0.810. The molecule has 1 aromatic carbocycles. The number of carbonyl (C=O) groups excluding carboxylic acids is 1. The van der Waals surface area contributed by atoms with E-state index in [1.807, 2.05) is 22.6 Å². The number of nitrogens with two attached hydrogens (primary N) is 1. The summed E-state index contributed by atoms with van der Waals surface area (Å²) in [5.41, 5.74) is 5.16. The molecule has 6 heteroatoms. The monoisotopic (exact) mass is 392 g/mol. The molecular weight excluding hydrogens is 387 g/mol. The van der Waals surface area contributed by atoms with Crippen molar-refractivity contribution in [2.75, 3.05) is 0 Å². The molecule has 82 valence electrons. The van der Waals surface area contributed by atoms with Crippen LogP contribution in [-0.2, 0) is 4.79 Å². The summed E-state index contributed by atoms with van der Waals surface area (Å²) in [4.78, 5) is 10.9. The van der Waals surface area contributed by atoms with Gasteiger partial charge in [0, 0.05) is 10.0 Å². The van der Waals surface area contributed by atoms with E-state index in [1.54, 1.807) is 18.2 Å². The second-order valence-electron chi connectivity index (χ2n) is 2.86. The van der Waals surface area contributed by atoms with E-state index in [2.05, 4.69) is 15.9 Å². The first kappa shape index (κ1) is 13.0. The lowest BCUT2D eigenvalue weighted by Crippen LogP contribution is -2.12. The number of phenolic OH excluding ortho intramolecular Hbond substituents is 1. The second-order valence-corrected chi connectivity index (χ2v) is 4.94. The van der Waals surface area contributed by atoms with Crippen molar-refractivity contribution in [2.24, 2.45) is 5.73 Å². The first-order valence-corrected chi connectivity index (χ1v) is 5.92. The predicted molar refractivity (Wildman–Crippen MR) is 71.3 cm³/mol. The highest BCUT2D eigenvalue weighted by molar-refractivity contribution is 14.1. The summed E-state index contributed by atoms with van der Waals surface area (Å²) in [7, 11) is 0. The van der Waals surface area contributed by atoms with Crippen molar-refractivity contribution >= 4 is 50.5 Å². The molecule has 16 heavy (non-hydrogen) atoms. The van der Waals surface area contributed by atoms with Gasteiger partial charge in [0.15, 0.2) is 0 Å². The minimum atomic E-state index is -0.822. The average molecular weight is 393 g/mol. The van der Waals surface area contributed by atoms with E-state index in [-0.39, 0.29) is 11.3 Å². The fourth-order valence-electron chi connectivity index (χ4n) is 1.01. The Kier molecular flexibility index (Phi) is 4.32. The molecule has 0 spiro atoms. The van der Waals surface area contributed by atoms with Crippen LogP contribution in [0.4, 0.5) is 0 Å². The lowest BCUT2D eigenvalue weighted by molar-refractivity contribution is -0.114. The summed E-state index contributed by atoms with van der Waals surface area (Å²) >= 11 is 5.20. The molecule has 0 aliphatic rings. The zero-order valence-corrected chi connectivity index (χ0v) is 11.6. The van der Waals surface area contributed by atoms with Crippen molar-refractivity contribution in [3.8, 4) is 11.8 Å². The van der Waals surface area contributed by atoms with Gasteiger partial charge in [0.25, 0.3) is 5.91 Å². The van der Waals surface area contributed by atoms with Crippen molar-refractivity contribution in [3.63, 3.8) is 0 Å². The minimum Gasteiger partial charge on any atom is -0.506 e. The highest BCUT2D eigenvalue weighted by Crippen LogP contribution is 2.30. The van der Waals surface area contributed by atoms with Gasteiger partial charge in [0.05, 0.1) is 3.57 Å². The molecule has 0 aromatic heterocycles. The number of halogens is 2. The van der Waals surface area contributed by atoms with Crippen molar-refractivity contribution < 1.29 is 9.90 Å². The summed E-state index contributed by atoms with van der Waals surface area (Å²) < 4.78 is 1.35. The van der Waals surface area contributed by atoms with E-state index < -0.39 is 5.91 Å². The molecule has 1 amide bonds. The zero-order valence-electron chi connectivity index (χ0n) is 7.87. The van der Waals surface area contributed by atoms with Crippen LogP contribution in [0.25, 0.3) is 6.08 Å². The highest BCUT2D eigenvalue weighted by Gasteiger charge is 2.09. The molecule has 0 atom stereocenters. The van der Waals surface area contributed by atoms with E-state index in [4.69, 9.17) is 11.0 Å². The fraction of sp³-hybridized carbons (Fsp3) is 0. The van der Waals surface area contributed by atoms with Gasteiger partial charge in [-0.2, -0.15) is 5.26 Å². The maximum Gasteiger partial charge on any atom is 0.259 e. The summed E-state index contributed by atoms with van der Waals surface area (Å²) in [5, 5.41) is 18.4. The molecule has 0 bridgehead atoms. The summed E-state index contributed by atoms with van der Waals surface area (Å²) in [6.45, 7) is 0. The van der Waals surface area contributed by atoms with Crippen LogP contribution < -0.4 is 5.73 Å². The Hall–Kier alpha value is -1.07. The van der Waals surface area contributed by atoms with Crippen molar-refractivity contribution in [1.82, 2.24) is 0 Å². The van der Waals surface area contributed by atoms with E-state index in [1.165, 1.54) is 6.08 Å². The lowest BCUT2D eigenvalue weighted by atomic mass is 10.1. The van der Waals surface area contributed by atoms with Gasteiger partial charge in [-0.15, -0.1) is 0 Å². The third-order valence-electron chi connectivity index (χ3n) is 1.74. The van der Waals surface area contributed by atoms with Crippen LogP contribution in [0.5, 0.6) is 5.75 Å². The first-order chi connectivity index (χ1) is 7.45. The number of benzene rings is 1. The van der Waals surface area contributed by atoms with Crippen LogP contribution in [-0.4, -0.2) is 11.0 Å².